The Morgan fingerprint density at radius 1 is 1.12 bits per heavy atom. The van der Waals surface area contributed by atoms with Crippen molar-refractivity contribution >= 4 is 0 Å². The van der Waals surface area contributed by atoms with Crippen LogP contribution in [-0.2, 0) is 37.3 Å². The van der Waals surface area contributed by atoms with Gasteiger partial charge in [0.1, 0.15) is 11.5 Å². The maximum atomic E-state index is 5.70. The van der Waals surface area contributed by atoms with E-state index in [4.69, 9.17) is 14.7 Å². The molecule has 0 spiro atoms. The minimum atomic E-state index is -0.0920. The van der Waals surface area contributed by atoms with Crippen molar-refractivity contribution in [3.8, 4) is 11.5 Å². The Kier molecular flexibility index (Phi) is 4.00. The highest BCUT2D eigenvalue weighted by Gasteiger charge is 2.56. The molecule has 3 aromatic heterocycles. The van der Waals surface area contributed by atoms with E-state index in [9.17, 15) is 0 Å². The van der Waals surface area contributed by atoms with Gasteiger partial charge >= 0.3 is 0 Å². The minimum absolute atomic E-state index is 0.0916. The van der Waals surface area contributed by atoms with Crippen molar-refractivity contribution in [2.45, 2.75) is 57.4 Å². The van der Waals surface area contributed by atoms with Crippen LogP contribution in [0.25, 0.3) is 11.5 Å². The van der Waals surface area contributed by atoms with Gasteiger partial charge in [-0.25, -0.2) is 0 Å². The molecule has 0 radical (unpaired) electrons. The fraction of sp³-hybridized carbons (Fsp3) is 0.458. The quantitative estimate of drug-likeness (QED) is 0.496. The second-order valence-corrected chi connectivity index (χ2v) is 10.0. The molecule has 0 fully saturated rings. The summed E-state index contributed by atoms with van der Waals surface area (Å²) in [6.45, 7) is 7.51. The van der Waals surface area contributed by atoms with Gasteiger partial charge in [-0.05, 0) is 36.0 Å². The molecule has 8 heteroatoms. The Morgan fingerprint density at radius 2 is 1.94 bits per heavy atom. The van der Waals surface area contributed by atoms with E-state index in [1.54, 1.807) is 4.80 Å². The summed E-state index contributed by atoms with van der Waals surface area (Å²) in [5.41, 5.74) is 5.55. The van der Waals surface area contributed by atoms with Gasteiger partial charge in [0.2, 0.25) is 5.82 Å². The zero-order chi connectivity index (χ0) is 22.1. The molecule has 1 aromatic carbocycles. The van der Waals surface area contributed by atoms with Gasteiger partial charge in [-0.3, -0.25) is 4.68 Å². The molecule has 0 aliphatic heterocycles. The molecular formula is C24H27N7O. The Morgan fingerprint density at radius 3 is 2.75 bits per heavy atom. The van der Waals surface area contributed by atoms with Gasteiger partial charge in [0, 0.05) is 29.0 Å². The summed E-state index contributed by atoms with van der Waals surface area (Å²) in [5.74, 6) is 2.09. The number of hydrogen-bond acceptors (Lipinski definition) is 6. The number of nitrogens with zero attached hydrogens (tertiary/aromatic N) is 7. The third-order valence-corrected chi connectivity index (χ3v) is 7.63. The van der Waals surface area contributed by atoms with Crippen LogP contribution in [0.5, 0.6) is 0 Å². The molecule has 4 aromatic rings. The molecule has 0 saturated heterocycles. The first-order valence-corrected chi connectivity index (χ1v) is 11.2. The average Bonchev–Trinajstić information content (AvgIpc) is 3.47. The number of benzene rings is 1. The molecule has 32 heavy (non-hydrogen) atoms. The van der Waals surface area contributed by atoms with Crippen LogP contribution in [0.1, 0.15) is 55.3 Å². The molecule has 0 saturated carbocycles. The molecule has 0 N–H and O–H groups in total. The topological polar surface area (TPSA) is 87.5 Å². The van der Waals surface area contributed by atoms with Crippen molar-refractivity contribution in [1.82, 2.24) is 35.1 Å². The first-order chi connectivity index (χ1) is 15.4. The largest absolute Gasteiger partial charge is 0.361 e. The van der Waals surface area contributed by atoms with E-state index in [1.165, 1.54) is 11.1 Å². The second-order valence-electron chi connectivity index (χ2n) is 10.0. The number of tetrazole rings is 1. The lowest BCUT2D eigenvalue weighted by molar-refractivity contribution is 0.109. The van der Waals surface area contributed by atoms with Crippen molar-refractivity contribution in [2.75, 3.05) is 0 Å². The Labute approximate surface area is 186 Å². The van der Waals surface area contributed by atoms with E-state index < -0.39 is 0 Å². The van der Waals surface area contributed by atoms with Crippen LogP contribution >= 0.6 is 0 Å². The van der Waals surface area contributed by atoms with E-state index in [1.807, 2.05) is 36.1 Å². The van der Waals surface area contributed by atoms with Gasteiger partial charge in [0.15, 0.2) is 0 Å². The van der Waals surface area contributed by atoms with Crippen molar-refractivity contribution in [3.63, 3.8) is 0 Å². The van der Waals surface area contributed by atoms with Crippen molar-refractivity contribution in [3.05, 3.63) is 64.7 Å². The summed E-state index contributed by atoms with van der Waals surface area (Å²) in [7, 11) is 1.99. The van der Waals surface area contributed by atoms with E-state index >= 15 is 0 Å². The predicted molar refractivity (Wildman–Crippen MR) is 118 cm³/mol. The molecule has 0 amide bonds. The van der Waals surface area contributed by atoms with Crippen molar-refractivity contribution in [1.29, 1.82) is 0 Å². The summed E-state index contributed by atoms with van der Waals surface area (Å²) in [6, 6.07) is 10.2. The molecule has 2 atom stereocenters. The van der Waals surface area contributed by atoms with Gasteiger partial charge in [0.05, 0.1) is 18.4 Å². The van der Waals surface area contributed by atoms with Crippen LogP contribution in [0.4, 0.5) is 0 Å². The summed E-state index contributed by atoms with van der Waals surface area (Å²) in [4.78, 5) is 1.66. The van der Waals surface area contributed by atoms with E-state index in [0.29, 0.717) is 18.3 Å². The fourth-order valence-electron chi connectivity index (χ4n) is 6.30. The zero-order valence-corrected chi connectivity index (χ0v) is 18.9. The Balaban J connectivity index is 1.41. The molecule has 8 nitrogen and oxygen atoms in total. The third kappa shape index (κ3) is 2.64. The van der Waals surface area contributed by atoms with Crippen LogP contribution in [0.3, 0.4) is 0 Å². The predicted octanol–water partition coefficient (Wildman–Crippen LogP) is 3.46. The summed E-state index contributed by atoms with van der Waals surface area (Å²) < 4.78 is 7.64. The number of fused-ring (bicyclic) bond motifs is 4. The van der Waals surface area contributed by atoms with E-state index in [0.717, 1.165) is 42.0 Å². The van der Waals surface area contributed by atoms with Crippen LogP contribution in [0.2, 0.25) is 0 Å². The zero-order valence-electron chi connectivity index (χ0n) is 18.9. The highest BCUT2D eigenvalue weighted by Crippen LogP contribution is 2.56. The summed E-state index contributed by atoms with van der Waals surface area (Å²) in [6.07, 6.45) is 4.78. The monoisotopic (exact) mass is 429 g/mol. The number of rotatable bonds is 3. The molecular weight excluding hydrogens is 402 g/mol. The summed E-state index contributed by atoms with van der Waals surface area (Å²) in [5, 5.41) is 22.6. The molecule has 0 bridgehead atoms. The van der Waals surface area contributed by atoms with Gasteiger partial charge in [-0.15, -0.1) is 10.2 Å². The Hall–Kier alpha value is -3.29. The molecule has 2 aliphatic rings. The molecule has 6 rings (SSSR count). The smallest absolute Gasteiger partial charge is 0.223 e. The van der Waals surface area contributed by atoms with Crippen LogP contribution < -0.4 is 0 Å². The van der Waals surface area contributed by atoms with Crippen LogP contribution in [0, 0.1) is 5.92 Å². The Bertz CT molecular complexity index is 1300. The van der Waals surface area contributed by atoms with Gasteiger partial charge in [0.25, 0.3) is 0 Å². The standard InChI is InChI=1S/C24H27N7O/c1-23(2)18-11-10-17-19(22-26-29-31(28-22)14-15-8-6-5-7-9-15)30(4)27-20(17)24(18,3)12-16-13-25-32-21(16)23/h5-9,13,18H,10-12,14H2,1-4H3/t18-,24-/m0/s1. The number of aromatic nitrogens is 7. The molecule has 3 heterocycles. The first kappa shape index (κ1) is 19.4. The van der Waals surface area contributed by atoms with Crippen LogP contribution in [-0.4, -0.2) is 35.1 Å². The first-order valence-electron chi connectivity index (χ1n) is 11.2. The molecule has 164 valence electrons. The third-order valence-electron chi connectivity index (χ3n) is 7.63. The highest BCUT2D eigenvalue weighted by atomic mass is 16.5. The maximum absolute atomic E-state index is 5.70. The number of hydrogen-bond donors (Lipinski definition) is 0. The fourth-order valence-corrected chi connectivity index (χ4v) is 6.30. The maximum Gasteiger partial charge on any atom is 0.223 e. The minimum Gasteiger partial charge on any atom is -0.361 e. The lowest BCUT2D eigenvalue weighted by Gasteiger charge is -2.51. The lowest BCUT2D eigenvalue weighted by Crippen LogP contribution is -2.51. The second kappa shape index (κ2) is 6.60. The normalized spacial score (nSPS) is 23.4. The molecule has 0 unspecified atom stereocenters. The van der Waals surface area contributed by atoms with Crippen molar-refractivity contribution in [2.24, 2.45) is 13.0 Å². The van der Waals surface area contributed by atoms with Crippen LogP contribution in [0.15, 0.2) is 41.1 Å². The highest BCUT2D eigenvalue weighted by molar-refractivity contribution is 5.59. The van der Waals surface area contributed by atoms with E-state index in [2.05, 4.69) is 48.4 Å². The summed E-state index contributed by atoms with van der Waals surface area (Å²) >= 11 is 0. The average molecular weight is 430 g/mol. The van der Waals surface area contributed by atoms with Gasteiger partial charge in [-0.2, -0.15) is 9.90 Å². The van der Waals surface area contributed by atoms with Gasteiger partial charge < -0.3 is 4.52 Å². The molecule has 2 aliphatic carbocycles. The van der Waals surface area contributed by atoms with Crippen molar-refractivity contribution < 1.29 is 4.52 Å². The lowest BCUT2D eigenvalue weighted by atomic mass is 9.51. The number of aryl methyl sites for hydroxylation is 1. The SMILES string of the molecule is Cn1nc2c(c1-c1nnn(Cc3ccccc3)n1)CC[C@H]1C(C)(C)c3oncc3C[C@]21C. The van der Waals surface area contributed by atoms with E-state index in [-0.39, 0.29) is 10.8 Å². The van der Waals surface area contributed by atoms with Gasteiger partial charge in [-0.1, -0.05) is 56.3 Å².